The van der Waals surface area contributed by atoms with E-state index in [-0.39, 0.29) is 44.1 Å². The van der Waals surface area contributed by atoms with Gasteiger partial charge in [0.2, 0.25) is 17.7 Å². The highest BCUT2D eigenvalue weighted by molar-refractivity contribution is 5.83. The number of carbonyl (C=O) groups excluding carboxylic acids is 3. The average Bonchev–Trinajstić information content (AvgIpc) is 3.82. The molecule has 1 heterocycles. The third-order valence-electron chi connectivity index (χ3n) is 8.02. The summed E-state index contributed by atoms with van der Waals surface area (Å²) in [6.45, 7) is 8.56. The van der Waals surface area contributed by atoms with Crippen molar-refractivity contribution in [2.45, 2.75) is 147 Å². The van der Waals surface area contributed by atoms with Crippen molar-refractivity contribution in [1.29, 1.82) is 0 Å². The van der Waals surface area contributed by atoms with Crippen LogP contribution in [-0.2, 0) is 52.7 Å². The lowest BCUT2D eigenvalue weighted by Crippen LogP contribution is -2.34. The minimum atomic E-state index is -1.21. The van der Waals surface area contributed by atoms with Crippen molar-refractivity contribution in [2.75, 3.05) is 19.7 Å². The van der Waals surface area contributed by atoms with Crippen molar-refractivity contribution >= 4 is 71.4 Å². The monoisotopic (exact) mass is 1080 g/mol. The van der Waals surface area contributed by atoms with Gasteiger partial charge in [-0.2, -0.15) is 0 Å². The molecule has 74 heavy (non-hydrogen) atoms. The molecule has 0 aromatic heterocycles. The topological polar surface area (TPSA) is 706 Å². The molecule has 434 valence electrons. The van der Waals surface area contributed by atoms with E-state index in [1.165, 1.54) is 0 Å². The van der Waals surface area contributed by atoms with E-state index in [0.717, 1.165) is 19.4 Å². The summed E-state index contributed by atoms with van der Waals surface area (Å²) in [5.41, 5.74) is 59.7. The van der Waals surface area contributed by atoms with Gasteiger partial charge in [-0.05, 0) is 69.7 Å². The molecule has 0 bridgehead atoms. The highest BCUT2D eigenvalue weighted by Crippen LogP contribution is 2.04. The summed E-state index contributed by atoms with van der Waals surface area (Å²) in [5.74, 6) is -9.20. The molecule has 34 N–H and O–H groups in total. The molecule has 34 heteroatoms. The smallest absolute Gasteiger partial charge is 0.322 e. The Morgan fingerprint density at radius 1 is 0.486 bits per heavy atom. The molecule has 1 aliphatic heterocycles. The minimum Gasteiger partial charge on any atom is -0.480 e. The number of aliphatic hydroxyl groups is 1. The summed E-state index contributed by atoms with van der Waals surface area (Å²) in [5, 5.41) is 76.6. The second kappa shape index (κ2) is 49.6. The summed E-state index contributed by atoms with van der Waals surface area (Å²) in [4.78, 5) is 114. The SMILES string of the molecule is CC(C)CC(N)C(=O)O.CC(C)CC(N)C(=O)O.NC(=O)CC(N)C(=O)O.NC(=O)CCC(N)C(=O)O.NC(=O)CCC(N)C(=O)O.NC(CO)C(=O)O.NC(N)=NCCCC(N)C(=O)O.O=C(O)[C@@H]1CCCN1. The summed E-state index contributed by atoms with van der Waals surface area (Å²) >= 11 is 0. The number of aliphatic imine (C=N–C) groups is 1. The first-order valence-electron chi connectivity index (χ1n) is 22.1. The summed E-state index contributed by atoms with van der Waals surface area (Å²) < 4.78 is 0. The maximum Gasteiger partial charge on any atom is 0.322 e. The average molecular weight is 1080 g/mol. The Kier molecular flexibility index (Phi) is 54.4. The lowest BCUT2D eigenvalue weighted by atomic mass is 10.1. The van der Waals surface area contributed by atoms with Gasteiger partial charge in [-0.15, -0.1) is 0 Å². The van der Waals surface area contributed by atoms with Crippen LogP contribution in [-0.4, -0.2) is 185 Å². The molecule has 0 radical (unpaired) electrons. The number of primary amides is 3. The molecular weight excluding hydrogens is 997 g/mol. The number of nitrogens with two attached hydrogens (primary N) is 12. The molecule has 1 rings (SSSR count). The van der Waals surface area contributed by atoms with Crippen molar-refractivity contribution in [3.8, 4) is 0 Å². The maximum atomic E-state index is 10.2. The van der Waals surface area contributed by atoms with Gasteiger partial charge in [-0.3, -0.25) is 57.7 Å². The number of hydrogen-bond donors (Lipinski definition) is 22. The van der Waals surface area contributed by atoms with Crippen LogP contribution in [0.3, 0.4) is 0 Å². The number of carboxylic acids is 8. The van der Waals surface area contributed by atoms with Crippen molar-refractivity contribution in [2.24, 2.45) is 85.6 Å². The van der Waals surface area contributed by atoms with E-state index in [9.17, 15) is 52.7 Å². The Hall–Kier alpha value is -6.92. The molecule has 1 aliphatic rings. The number of guanidine groups is 1. The number of nitrogens with zero attached hydrogens (tertiary/aromatic N) is 1. The normalized spacial score (nSPS) is 14.5. The van der Waals surface area contributed by atoms with Gasteiger partial charge < -0.3 is 120 Å². The van der Waals surface area contributed by atoms with Gasteiger partial charge in [0.05, 0.1) is 13.0 Å². The highest BCUT2D eigenvalue weighted by atomic mass is 16.4. The minimum absolute atomic E-state index is 0.0129. The van der Waals surface area contributed by atoms with Crippen LogP contribution < -0.4 is 74.1 Å². The van der Waals surface area contributed by atoms with Crippen LogP contribution in [0.1, 0.15) is 98.3 Å². The van der Waals surface area contributed by atoms with Crippen LogP contribution in [0.25, 0.3) is 0 Å². The Balaban J connectivity index is -0.000000139. The molecule has 0 aliphatic carbocycles. The zero-order valence-electron chi connectivity index (χ0n) is 42.1. The number of rotatable bonds is 25. The standard InChI is InChI=1S/C6H14N4O2.2C6H13NO2.2C5H10N2O3.C5H9NO2.C4H8N2O3.C3H7NO3/c7-4(5(11)12)2-1-3-10-6(8)9;2*1-4(2)3-5(7)6(8)9;2*6-3(5(9)10)1-2-4(7)8;7-5(8)4-2-1-3-6-4;5-2(4(8)9)1-3(6)7;4-2(1-5)3(6)7/h4H,1-3,7H2,(H,11,12)(H4,8,9,10);2*4-5H,3,7H2,1-2H3,(H,8,9);2*3H,1-2,6H2,(H2,7,8)(H,9,10);4,6H,1-3H2,(H,7,8);2H,1,5H2,(H2,6,7)(H,8,9);2,5H,1,4H2,(H,6,7)/t;;;;;4-;;/m.....0../s1. The fraction of sp³-hybridized carbons (Fsp3) is 0.700. The molecule has 0 aromatic carbocycles. The Morgan fingerprint density at radius 3 is 0.973 bits per heavy atom. The van der Waals surface area contributed by atoms with Crippen LogP contribution in [0, 0.1) is 11.8 Å². The van der Waals surface area contributed by atoms with Gasteiger partial charge in [0.1, 0.15) is 48.3 Å². The third-order valence-corrected chi connectivity index (χ3v) is 8.02. The van der Waals surface area contributed by atoms with Crippen LogP contribution in [0.5, 0.6) is 0 Å². The molecule has 7 unspecified atom stereocenters. The maximum absolute atomic E-state index is 10.2. The summed E-state index contributed by atoms with van der Waals surface area (Å²) in [6.07, 6.45) is 3.78. The molecule has 0 saturated carbocycles. The third kappa shape index (κ3) is 67.2. The second-order valence-corrected chi connectivity index (χ2v) is 16.2. The quantitative estimate of drug-likeness (QED) is 0.0229. The predicted molar refractivity (Wildman–Crippen MR) is 265 cm³/mol. The number of carboxylic acid groups (broad SMARTS) is 8. The van der Waals surface area contributed by atoms with Crippen LogP contribution in [0.15, 0.2) is 4.99 Å². The Bertz CT molecular complexity index is 1620. The Morgan fingerprint density at radius 2 is 0.811 bits per heavy atom. The van der Waals surface area contributed by atoms with Crippen molar-refractivity contribution in [3.63, 3.8) is 0 Å². The largest absolute Gasteiger partial charge is 0.480 e. The summed E-state index contributed by atoms with van der Waals surface area (Å²) in [7, 11) is 0. The molecule has 8 atom stereocenters. The fourth-order valence-electron chi connectivity index (χ4n) is 3.98. The first kappa shape index (κ1) is 81.1. The number of carbonyl (C=O) groups is 11. The molecular formula is C40H84N14O20. The Labute approximate surface area is 426 Å². The highest BCUT2D eigenvalue weighted by Gasteiger charge is 2.20. The molecule has 0 aromatic rings. The van der Waals surface area contributed by atoms with Gasteiger partial charge in [0.15, 0.2) is 5.96 Å². The van der Waals surface area contributed by atoms with Crippen molar-refractivity contribution in [3.05, 3.63) is 0 Å². The van der Waals surface area contributed by atoms with Gasteiger partial charge in [-0.1, -0.05) is 27.7 Å². The van der Waals surface area contributed by atoms with E-state index < -0.39 is 114 Å². The van der Waals surface area contributed by atoms with Gasteiger partial charge in [0, 0.05) is 19.4 Å². The number of aliphatic carboxylic acids is 8. The van der Waals surface area contributed by atoms with E-state index >= 15 is 0 Å². The van der Waals surface area contributed by atoms with Crippen LogP contribution >= 0.6 is 0 Å². The van der Waals surface area contributed by atoms with Crippen LogP contribution in [0.2, 0.25) is 0 Å². The molecule has 1 saturated heterocycles. The predicted octanol–water partition coefficient (Wildman–Crippen LogP) is -6.84. The second-order valence-electron chi connectivity index (χ2n) is 16.2. The number of aliphatic hydroxyl groups excluding tert-OH is 1. The van der Waals surface area contributed by atoms with Gasteiger partial charge >= 0.3 is 47.8 Å². The molecule has 0 spiro atoms. The lowest BCUT2D eigenvalue weighted by Gasteiger charge is -2.07. The van der Waals surface area contributed by atoms with Gasteiger partial charge in [0.25, 0.3) is 0 Å². The zero-order valence-corrected chi connectivity index (χ0v) is 42.1. The van der Waals surface area contributed by atoms with E-state index in [1.54, 1.807) is 0 Å². The first-order valence-corrected chi connectivity index (χ1v) is 22.1. The molecule has 34 nitrogen and oxygen atoms in total. The molecule has 3 amide bonds. The number of hydrogen-bond acceptors (Lipinski definition) is 21. The van der Waals surface area contributed by atoms with E-state index in [0.29, 0.717) is 44.1 Å². The number of nitrogens with one attached hydrogen (secondary N) is 1. The summed E-state index contributed by atoms with van der Waals surface area (Å²) in [6, 6.07) is -6.72. The number of amides is 3. The van der Waals surface area contributed by atoms with Crippen molar-refractivity contribution < 1.29 is 98.7 Å². The van der Waals surface area contributed by atoms with Gasteiger partial charge in [-0.25, -0.2) is 0 Å². The van der Waals surface area contributed by atoms with E-state index in [1.807, 2.05) is 27.7 Å². The first-order chi connectivity index (χ1) is 33.7. The van der Waals surface area contributed by atoms with E-state index in [2.05, 4.69) is 16.0 Å². The van der Waals surface area contributed by atoms with Crippen LogP contribution in [0.4, 0.5) is 0 Å². The zero-order chi connectivity index (χ0) is 60.0. The lowest BCUT2D eigenvalue weighted by molar-refractivity contribution is -0.140. The van der Waals surface area contributed by atoms with E-state index in [4.69, 9.17) is 109 Å². The molecule has 1 fully saturated rings. The fourth-order valence-corrected chi connectivity index (χ4v) is 3.98. The van der Waals surface area contributed by atoms with Crippen molar-refractivity contribution in [1.82, 2.24) is 5.32 Å².